The number of hydrogen-bond acceptors (Lipinski definition) is 4. The Labute approximate surface area is 264 Å². The van der Waals surface area contributed by atoms with Gasteiger partial charge in [-0.2, -0.15) is 0 Å². The average Bonchev–Trinajstić information content (AvgIpc) is 3.36. The lowest BCUT2D eigenvalue weighted by atomic mass is 9.82. The highest BCUT2D eigenvalue weighted by atomic mass is 32.2. The van der Waals surface area contributed by atoms with Crippen molar-refractivity contribution in [2.45, 2.75) is 88.8 Å². The molecule has 3 heterocycles. The summed E-state index contributed by atoms with van der Waals surface area (Å²) in [6.07, 6.45) is 3.72. The number of amides is 2. The SMILES string of the molecule is CC(C)(C)S(=O)N[C@H](Cc1cc(F)c(F)cc1F)C1C[C@H]2CC[C@@H](C1)N2Cc1cccc(CN2C(=O)c3ccccc3C2=O)c1. The Kier molecular flexibility index (Phi) is 8.76. The second-order valence-corrected chi connectivity index (χ2v) is 15.5. The molecule has 3 aromatic carbocycles. The van der Waals surface area contributed by atoms with Crippen molar-refractivity contribution in [1.82, 2.24) is 14.5 Å². The lowest BCUT2D eigenvalue weighted by molar-refractivity contribution is 0.0642. The summed E-state index contributed by atoms with van der Waals surface area (Å²) >= 11 is 0. The van der Waals surface area contributed by atoms with E-state index in [1.54, 1.807) is 24.3 Å². The predicted molar refractivity (Wildman–Crippen MR) is 167 cm³/mol. The molecule has 45 heavy (non-hydrogen) atoms. The maximum atomic E-state index is 14.7. The molecule has 0 radical (unpaired) electrons. The Morgan fingerprint density at radius 1 is 0.822 bits per heavy atom. The van der Waals surface area contributed by atoms with Gasteiger partial charge in [0.15, 0.2) is 11.6 Å². The van der Waals surface area contributed by atoms with Gasteiger partial charge >= 0.3 is 0 Å². The highest BCUT2D eigenvalue weighted by Crippen LogP contribution is 2.42. The van der Waals surface area contributed by atoms with E-state index >= 15 is 0 Å². The van der Waals surface area contributed by atoms with Crippen LogP contribution in [0.1, 0.15) is 83.9 Å². The third-order valence-electron chi connectivity index (χ3n) is 9.41. The van der Waals surface area contributed by atoms with Gasteiger partial charge in [0.2, 0.25) is 0 Å². The number of nitrogens with one attached hydrogen (secondary N) is 1. The first-order valence-corrected chi connectivity index (χ1v) is 16.6. The molecule has 0 saturated carbocycles. The molecule has 3 aliphatic heterocycles. The largest absolute Gasteiger partial charge is 0.293 e. The fraction of sp³-hybridized carbons (Fsp3) is 0.429. The monoisotopic (exact) mass is 637 g/mol. The van der Waals surface area contributed by atoms with E-state index in [9.17, 15) is 27.0 Å². The van der Waals surface area contributed by atoms with Crippen LogP contribution in [0.3, 0.4) is 0 Å². The first-order chi connectivity index (χ1) is 21.4. The summed E-state index contributed by atoms with van der Waals surface area (Å²) in [6, 6.07) is 16.5. The van der Waals surface area contributed by atoms with Crippen LogP contribution in [0, 0.1) is 23.4 Å². The van der Waals surface area contributed by atoms with Gasteiger partial charge in [-0.15, -0.1) is 0 Å². The first kappa shape index (κ1) is 31.6. The lowest BCUT2D eigenvalue weighted by Gasteiger charge is -2.42. The number of rotatable bonds is 9. The van der Waals surface area contributed by atoms with Crippen LogP contribution in [0.4, 0.5) is 13.2 Å². The summed E-state index contributed by atoms with van der Waals surface area (Å²) in [5.41, 5.74) is 2.91. The molecule has 6 nitrogen and oxygen atoms in total. The highest BCUT2D eigenvalue weighted by molar-refractivity contribution is 7.84. The molecule has 2 saturated heterocycles. The lowest BCUT2D eigenvalue weighted by Crippen LogP contribution is -2.51. The zero-order valence-corrected chi connectivity index (χ0v) is 26.5. The van der Waals surface area contributed by atoms with Crippen LogP contribution >= 0.6 is 0 Å². The number of carbonyl (C=O) groups is 2. The molecular formula is C35H38F3N3O3S. The van der Waals surface area contributed by atoms with E-state index in [1.807, 2.05) is 32.9 Å². The Morgan fingerprint density at radius 3 is 2.00 bits per heavy atom. The zero-order valence-electron chi connectivity index (χ0n) is 25.7. The molecule has 5 atom stereocenters. The number of carbonyl (C=O) groups excluding carboxylic acids is 2. The topological polar surface area (TPSA) is 69.7 Å². The van der Waals surface area contributed by atoms with Crippen LogP contribution in [0.25, 0.3) is 0 Å². The standard InChI is InChI=1S/C35H38F3N3O3S/c1-35(2,3)45(44)39-32(17-23-16-30(37)31(38)18-29(23)36)24-14-25-11-12-26(15-24)40(25)19-21-7-6-8-22(13-21)20-41-33(42)27-9-4-5-10-28(27)34(41)43/h4-10,13,16,18,24-26,32,39H,11-12,14-15,17,19-20H2,1-3H3/t24?,25-,26+,32-,45?/m1/s1. The molecule has 2 fully saturated rings. The van der Waals surface area contributed by atoms with Crippen molar-refractivity contribution >= 4 is 22.8 Å². The van der Waals surface area contributed by atoms with E-state index in [1.165, 1.54) is 4.90 Å². The van der Waals surface area contributed by atoms with Crippen LogP contribution in [0.15, 0.2) is 60.7 Å². The molecule has 0 spiro atoms. The zero-order chi connectivity index (χ0) is 32.0. The summed E-state index contributed by atoms with van der Waals surface area (Å²) in [5, 5.41) is 0. The van der Waals surface area contributed by atoms with Crippen molar-refractivity contribution in [2.75, 3.05) is 0 Å². The molecule has 1 N–H and O–H groups in total. The molecule has 0 aromatic heterocycles. The molecule has 2 unspecified atom stereocenters. The average molecular weight is 638 g/mol. The van der Waals surface area contributed by atoms with Crippen molar-refractivity contribution in [1.29, 1.82) is 0 Å². The summed E-state index contributed by atoms with van der Waals surface area (Å²) in [7, 11) is -1.43. The van der Waals surface area contributed by atoms with Crippen LogP contribution in [-0.2, 0) is 30.5 Å². The van der Waals surface area contributed by atoms with E-state index in [4.69, 9.17) is 0 Å². The minimum absolute atomic E-state index is 0.0673. The third-order valence-corrected chi connectivity index (χ3v) is 11.0. The van der Waals surface area contributed by atoms with E-state index in [2.05, 4.69) is 21.8 Å². The smallest absolute Gasteiger partial charge is 0.261 e. The molecule has 6 rings (SSSR count). The van der Waals surface area contributed by atoms with Crippen molar-refractivity contribution in [3.63, 3.8) is 0 Å². The fourth-order valence-electron chi connectivity index (χ4n) is 7.08. The van der Waals surface area contributed by atoms with Crippen LogP contribution in [0.2, 0.25) is 0 Å². The number of imide groups is 1. The van der Waals surface area contributed by atoms with Crippen molar-refractivity contribution in [2.24, 2.45) is 5.92 Å². The van der Waals surface area contributed by atoms with E-state index in [0.717, 1.165) is 42.9 Å². The maximum Gasteiger partial charge on any atom is 0.261 e. The molecule has 10 heteroatoms. The Morgan fingerprint density at radius 2 is 1.40 bits per heavy atom. The van der Waals surface area contributed by atoms with Crippen molar-refractivity contribution in [3.8, 4) is 0 Å². The van der Waals surface area contributed by atoms with Gasteiger partial charge in [0, 0.05) is 30.7 Å². The van der Waals surface area contributed by atoms with Gasteiger partial charge in [-0.05, 0) is 93.7 Å². The first-order valence-electron chi connectivity index (χ1n) is 15.5. The second-order valence-electron chi connectivity index (χ2n) is 13.5. The van der Waals surface area contributed by atoms with Crippen LogP contribution in [-0.4, -0.2) is 48.7 Å². The third kappa shape index (κ3) is 6.50. The quantitative estimate of drug-likeness (QED) is 0.221. The molecule has 2 bridgehead atoms. The fourth-order valence-corrected chi connectivity index (χ4v) is 7.99. The van der Waals surface area contributed by atoms with Gasteiger partial charge in [-0.1, -0.05) is 36.4 Å². The van der Waals surface area contributed by atoms with Gasteiger partial charge in [0.05, 0.1) is 33.4 Å². The number of nitrogens with zero attached hydrogens (tertiary/aromatic N) is 2. The molecule has 238 valence electrons. The number of hydrogen-bond donors (Lipinski definition) is 1. The van der Waals surface area contributed by atoms with Gasteiger partial charge in [0.25, 0.3) is 11.8 Å². The highest BCUT2D eigenvalue weighted by Gasteiger charge is 2.44. The number of fused-ring (bicyclic) bond motifs is 3. The molecule has 3 aromatic rings. The minimum atomic E-state index is -1.43. The van der Waals surface area contributed by atoms with Crippen LogP contribution < -0.4 is 4.72 Å². The Hall–Kier alpha value is -3.34. The molecule has 2 amide bonds. The number of halogens is 3. The predicted octanol–water partition coefficient (Wildman–Crippen LogP) is 6.31. The maximum absolute atomic E-state index is 14.7. The normalized spacial score (nSPS) is 23.0. The summed E-state index contributed by atoms with van der Waals surface area (Å²) in [6.45, 7) is 6.50. The van der Waals surface area contributed by atoms with Gasteiger partial charge in [-0.25, -0.2) is 22.1 Å². The van der Waals surface area contributed by atoms with Crippen molar-refractivity contribution in [3.05, 3.63) is 106 Å². The molecule has 0 aliphatic carbocycles. The van der Waals surface area contributed by atoms with Gasteiger partial charge < -0.3 is 0 Å². The second kappa shape index (κ2) is 12.5. The summed E-state index contributed by atoms with van der Waals surface area (Å²) in [5.74, 6) is -3.61. The Balaban J connectivity index is 1.16. The summed E-state index contributed by atoms with van der Waals surface area (Å²) in [4.78, 5) is 29.6. The van der Waals surface area contributed by atoms with Crippen LogP contribution in [0.5, 0.6) is 0 Å². The summed E-state index contributed by atoms with van der Waals surface area (Å²) < 4.78 is 58.3. The molecule has 3 aliphatic rings. The van der Waals surface area contributed by atoms with E-state index < -0.39 is 33.2 Å². The van der Waals surface area contributed by atoms with E-state index in [-0.39, 0.29) is 54.4 Å². The number of benzene rings is 3. The number of piperidine rings is 1. The minimum Gasteiger partial charge on any atom is -0.293 e. The Bertz CT molecular complexity index is 1610. The van der Waals surface area contributed by atoms with E-state index in [0.29, 0.717) is 23.7 Å². The van der Waals surface area contributed by atoms with Crippen molar-refractivity contribution < 1.29 is 27.0 Å². The van der Waals surface area contributed by atoms with Gasteiger partial charge in [0.1, 0.15) is 5.82 Å². The van der Waals surface area contributed by atoms with Gasteiger partial charge in [-0.3, -0.25) is 19.4 Å². The molecular weight excluding hydrogens is 599 g/mol.